The monoisotopic (exact) mass is 291 g/mol. The quantitative estimate of drug-likeness (QED) is 0.852. The second-order valence-corrected chi connectivity index (χ2v) is 5.38. The maximum Gasteiger partial charge on any atom is 0.338 e. The Labute approximate surface area is 122 Å². The topological polar surface area (TPSA) is 53.7 Å². The molecule has 0 unspecified atom stereocenters. The van der Waals surface area contributed by atoms with Crippen LogP contribution in [0.5, 0.6) is 0 Å². The van der Waals surface area contributed by atoms with Crippen LogP contribution in [0.25, 0.3) is 0 Å². The number of aryl methyl sites for hydroxylation is 1. The maximum absolute atomic E-state index is 11.5. The highest BCUT2D eigenvalue weighted by molar-refractivity contribution is 7.98. The first kappa shape index (κ1) is 14.5. The molecule has 1 aromatic carbocycles. The summed E-state index contributed by atoms with van der Waals surface area (Å²) in [6.45, 7) is 2.42. The fraction of sp³-hybridized carbons (Fsp3) is 0.267. The molecule has 2 aromatic rings. The van der Waals surface area contributed by atoms with Crippen LogP contribution in [0.3, 0.4) is 0 Å². The van der Waals surface area contributed by atoms with Crippen molar-refractivity contribution in [2.75, 3.05) is 18.2 Å². The highest BCUT2D eigenvalue weighted by Gasteiger charge is 2.18. The molecule has 0 atom stereocenters. The third kappa shape index (κ3) is 2.99. The van der Waals surface area contributed by atoms with Gasteiger partial charge in [0.2, 0.25) is 0 Å². The van der Waals surface area contributed by atoms with Crippen LogP contribution in [0, 0.1) is 6.92 Å². The van der Waals surface area contributed by atoms with Gasteiger partial charge in [-0.1, -0.05) is 6.07 Å². The van der Waals surface area contributed by atoms with E-state index in [2.05, 4.69) is 0 Å². The first-order valence-electron chi connectivity index (χ1n) is 6.19. The fourth-order valence-electron chi connectivity index (χ4n) is 2.11. The summed E-state index contributed by atoms with van der Waals surface area (Å²) in [6, 6.07) is 9.32. The van der Waals surface area contributed by atoms with Crippen molar-refractivity contribution in [1.29, 1.82) is 0 Å². The first-order chi connectivity index (χ1) is 9.52. The summed E-state index contributed by atoms with van der Waals surface area (Å²) in [7, 11) is 1.86. The molecule has 0 aliphatic carbocycles. The van der Waals surface area contributed by atoms with Gasteiger partial charge in [-0.15, -0.1) is 11.8 Å². The molecule has 20 heavy (non-hydrogen) atoms. The number of hydrogen-bond donors (Lipinski definition) is 1. The van der Waals surface area contributed by atoms with Gasteiger partial charge in [-0.05, 0) is 37.4 Å². The van der Waals surface area contributed by atoms with Gasteiger partial charge in [0, 0.05) is 11.9 Å². The zero-order chi connectivity index (χ0) is 14.7. The van der Waals surface area contributed by atoms with E-state index in [1.54, 1.807) is 0 Å². The maximum atomic E-state index is 11.5. The molecule has 0 fully saturated rings. The normalized spacial score (nSPS) is 10.6. The number of carboxylic acids is 1. The van der Waals surface area contributed by atoms with Crippen LogP contribution in [0.1, 0.15) is 21.9 Å². The molecule has 4 nitrogen and oxygen atoms in total. The summed E-state index contributed by atoms with van der Waals surface area (Å²) in [5.74, 6) is 0.757. The average Bonchev–Trinajstić information content (AvgIpc) is 2.82. The van der Waals surface area contributed by atoms with Crippen molar-refractivity contribution in [2.24, 2.45) is 0 Å². The molecular weight excluding hydrogens is 274 g/mol. The number of benzene rings is 1. The number of thioether (sulfide) groups is 1. The van der Waals surface area contributed by atoms with Crippen molar-refractivity contribution in [2.45, 2.75) is 18.4 Å². The number of furan rings is 1. The molecule has 5 heteroatoms. The van der Waals surface area contributed by atoms with Crippen molar-refractivity contribution in [1.82, 2.24) is 0 Å². The Morgan fingerprint density at radius 3 is 2.65 bits per heavy atom. The summed E-state index contributed by atoms with van der Waals surface area (Å²) in [5.41, 5.74) is 1.03. The molecule has 106 valence electrons. The van der Waals surface area contributed by atoms with Gasteiger partial charge in [-0.25, -0.2) is 4.79 Å². The summed E-state index contributed by atoms with van der Waals surface area (Å²) < 4.78 is 5.54. The number of carbonyl (C=O) groups is 1. The lowest BCUT2D eigenvalue weighted by Crippen LogP contribution is -2.19. The van der Waals surface area contributed by atoms with Crippen LogP contribution in [-0.2, 0) is 6.54 Å². The third-order valence-corrected chi connectivity index (χ3v) is 3.82. The minimum atomic E-state index is -0.910. The van der Waals surface area contributed by atoms with Crippen LogP contribution in [0.4, 0.5) is 5.69 Å². The number of nitrogens with zero attached hydrogens (tertiary/aromatic N) is 1. The van der Waals surface area contributed by atoms with Gasteiger partial charge in [-0.2, -0.15) is 0 Å². The van der Waals surface area contributed by atoms with E-state index in [0.717, 1.165) is 16.4 Å². The number of aromatic carboxylic acids is 1. The predicted molar refractivity (Wildman–Crippen MR) is 80.7 cm³/mol. The minimum absolute atomic E-state index is 0.339. The molecule has 0 aliphatic heterocycles. The largest absolute Gasteiger partial charge is 0.478 e. The van der Waals surface area contributed by atoms with Gasteiger partial charge in [-0.3, -0.25) is 0 Å². The van der Waals surface area contributed by atoms with E-state index in [1.807, 2.05) is 55.5 Å². The molecule has 2 rings (SSSR count). The van der Waals surface area contributed by atoms with Crippen molar-refractivity contribution < 1.29 is 14.3 Å². The molecule has 0 spiro atoms. The summed E-state index contributed by atoms with van der Waals surface area (Å²) in [5, 5.41) is 9.43. The molecule has 1 aromatic heterocycles. The fourth-order valence-corrected chi connectivity index (χ4v) is 2.72. The zero-order valence-corrected chi connectivity index (χ0v) is 12.5. The molecule has 0 bridgehead atoms. The van der Waals surface area contributed by atoms with Gasteiger partial charge in [0.15, 0.2) is 0 Å². The highest BCUT2D eigenvalue weighted by Crippen LogP contribution is 2.30. The predicted octanol–water partition coefficient (Wildman–Crippen LogP) is 3.64. The third-order valence-electron chi connectivity index (χ3n) is 3.04. The van der Waals surface area contributed by atoms with E-state index in [1.165, 1.54) is 11.8 Å². The van der Waals surface area contributed by atoms with Crippen LogP contribution in [0.2, 0.25) is 0 Å². The molecule has 0 saturated heterocycles. The molecule has 0 aliphatic rings. The minimum Gasteiger partial charge on any atom is -0.478 e. The lowest BCUT2D eigenvalue weighted by atomic mass is 10.1. The Kier molecular flexibility index (Phi) is 4.39. The van der Waals surface area contributed by atoms with Gasteiger partial charge < -0.3 is 14.4 Å². The Hall–Kier alpha value is -1.88. The standard InChI is InChI=1S/C15H17NO3S/c1-10-7-8-11(19-10)9-16(2)12-5-4-6-13(20-3)14(12)15(17)18/h4-8H,9H2,1-3H3,(H,17,18). The van der Waals surface area contributed by atoms with E-state index in [-0.39, 0.29) is 0 Å². The summed E-state index contributed by atoms with van der Waals surface area (Å²) >= 11 is 1.43. The van der Waals surface area contributed by atoms with E-state index in [9.17, 15) is 9.90 Å². The van der Waals surface area contributed by atoms with Crippen molar-refractivity contribution in [3.63, 3.8) is 0 Å². The lowest BCUT2D eigenvalue weighted by molar-refractivity contribution is 0.0694. The molecule has 0 radical (unpaired) electrons. The Morgan fingerprint density at radius 1 is 1.35 bits per heavy atom. The number of carboxylic acid groups (broad SMARTS) is 1. The smallest absolute Gasteiger partial charge is 0.338 e. The van der Waals surface area contributed by atoms with Crippen molar-refractivity contribution >= 4 is 23.4 Å². The SMILES string of the molecule is CSc1cccc(N(C)Cc2ccc(C)o2)c1C(=O)O. The lowest BCUT2D eigenvalue weighted by Gasteiger charge is -2.21. The number of hydrogen-bond acceptors (Lipinski definition) is 4. The first-order valence-corrected chi connectivity index (χ1v) is 7.42. The molecule has 1 N–H and O–H groups in total. The molecular formula is C15H17NO3S. The van der Waals surface area contributed by atoms with E-state index in [4.69, 9.17) is 4.42 Å². The van der Waals surface area contributed by atoms with Gasteiger partial charge in [0.1, 0.15) is 11.5 Å². The average molecular weight is 291 g/mol. The van der Waals surface area contributed by atoms with Crippen molar-refractivity contribution in [3.05, 3.63) is 47.4 Å². The van der Waals surface area contributed by atoms with E-state index < -0.39 is 5.97 Å². The number of rotatable bonds is 5. The summed E-state index contributed by atoms with van der Waals surface area (Å²) in [4.78, 5) is 14.2. The van der Waals surface area contributed by atoms with Gasteiger partial charge in [0.25, 0.3) is 0 Å². The van der Waals surface area contributed by atoms with Gasteiger partial charge >= 0.3 is 5.97 Å². The second-order valence-electron chi connectivity index (χ2n) is 4.53. The molecule has 0 saturated carbocycles. The molecule has 1 heterocycles. The Morgan fingerprint density at radius 2 is 2.10 bits per heavy atom. The number of anilines is 1. The highest BCUT2D eigenvalue weighted by atomic mass is 32.2. The Balaban J connectivity index is 2.34. The van der Waals surface area contributed by atoms with E-state index in [0.29, 0.717) is 17.8 Å². The van der Waals surface area contributed by atoms with E-state index >= 15 is 0 Å². The van der Waals surface area contributed by atoms with Crippen molar-refractivity contribution in [3.8, 4) is 0 Å². The zero-order valence-electron chi connectivity index (χ0n) is 11.7. The van der Waals surface area contributed by atoms with Crippen LogP contribution in [-0.4, -0.2) is 24.4 Å². The molecule has 0 amide bonds. The van der Waals surface area contributed by atoms with Crippen LogP contribution < -0.4 is 4.90 Å². The second kappa shape index (κ2) is 6.05. The van der Waals surface area contributed by atoms with Crippen LogP contribution in [0.15, 0.2) is 39.6 Å². The summed E-state index contributed by atoms with van der Waals surface area (Å²) in [6.07, 6.45) is 1.88. The Bertz CT molecular complexity index is 621. The van der Waals surface area contributed by atoms with Crippen LogP contribution >= 0.6 is 11.8 Å². The van der Waals surface area contributed by atoms with Gasteiger partial charge in [0.05, 0.1) is 17.8 Å².